The summed E-state index contributed by atoms with van der Waals surface area (Å²) in [4.78, 5) is 4.31. The fraction of sp³-hybridized carbons (Fsp3) is 0. The molecule has 0 saturated heterocycles. The maximum absolute atomic E-state index is 8.85. The predicted octanol–water partition coefficient (Wildman–Crippen LogP) is 5.07. The van der Waals surface area contributed by atoms with Gasteiger partial charge in [0.1, 0.15) is 17.6 Å². The van der Waals surface area contributed by atoms with E-state index in [2.05, 4.69) is 11.1 Å². The zero-order valence-electron chi connectivity index (χ0n) is 11.5. The van der Waals surface area contributed by atoms with Gasteiger partial charge in [-0.3, -0.25) is 4.98 Å². The summed E-state index contributed by atoms with van der Waals surface area (Å²) in [6.07, 6.45) is 1.55. The van der Waals surface area contributed by atoms with Crippen LogP contribution >= 0.6 is 11.6 Å². The standard InChI is InChI=1S/C18H11ClN2O/c19-14-6-8-15(9-7-14)22-18-4-2-1-3-16(18)17-10-5-13(11-20)12-21-17/h1-10,12H. The van der Waals surface area contributed by atoms with Gasteiger partial charge in [-0.1, -0.05) is 23.7 Å². The van der Waals surface area contributed by atoms with Crippen molar-refractivity contribution in [3.8, 4) is 28.8 Å². The average molecular weight is 307 g/mol. The maximum Gasteiger partial charge on any atom is 0.136 e. The molecule has 1 heterocycles. The summed E-state index contributed by atoms with van der Waals surface area (Å²) in [6.45, 7) is 0. The van der Waals surface area contributed by atoms with E-state index < -0.39 is 0 Å². The first-order valence-corrected chi connectivity index (χ1v) is 7.03. The monoisotopic (exact) mass is 306 g/mol. The van der Waals surface area contributed by atoms with Gasteiger partial charge in [0.2, 0.25) is 0 Å². The van der Waals surface area contributed by atoms with Crippen LogP contribution in [0.5, 0.6) is 11.5 Å². The van der Waals surface area contributed by atoms with E-state index in [0.29, 0.717) is 22.1 Å². The highest BCUT2D eigenvalue weighted by Crippen LogP contribution is 2.32. The minimum absolute atomic E-state index is 0.528. The van der Waals surface area contributed by atoms with E-state index in [9.17, 15) is 0 Å². The predicted molar refractivity (Wildman–Crippen MR) is 85.9 cm³/mol. The molecule has 106 valence electrons. The number of pyridine rings is 1. The Labute approximate surface area is 133 Å². The van der Waals surface area contributed by atoms with Gasteiger partial charge in [0.25, 0.3) is 0 Å². The molecule has 0 fully saturated rings. The molecule has 0 bridgehead atoms. The highest BCUT2D eigenvalue weighted by Gasteiger charge is 2.08. The molecule has 0 N–H and O–H groups in total. The Morgan fingerprint density at radius 2 is 1.73 bits per heavy atom. The minimum atomic E-state index is 0.528. The van der Waals surface area contributed by atoms with Crippen molar-refractivity contribution in [3.63, 3.8) is 0 Å². The quantitative estimate of drug-likeness (QED) is 0.679. The van der Waals surface area contributed by atoms with Crippen LogP contribution in [-0.2, 0) is 0 Å². The van der Waals surface area contributed by atoms with Crippen LogP contribution in [0.25, 0.3) is 11.3 Å². The normalized spacial score (nSPS) is 10.0. The second kappa shape index (κ2) is 6.30. The Morgan fingerprint density at radius 1 is 0.955 bits per heavy atom. The third-order valence-corrected chi connectivity index (χ3v) is 3.35. The van der Waals surface area contributed by atoms with Gasteiger partial charge in [-0.15, -0.1) is 0 Å². The van der Waals surface area contributed by atoms with Gasteiger partial charge in [-0.2, -0.15) is 5.26 Å². The smallest absolute Gasteiger partial charge is 0.136 e. The van der Waals surface area contributed by atoms with Crippen molar-refractivity contribution in [3.05, 3.63) is 77.4 Å². The summed E-state index contributed by atoms with van der Waals surface area (Å²) < 4.78 is 5.91. The molecule has 0 saturated carbocycles. The fourth-order valence-corrected chi connectivity index (χ4v) is 2.14. The molecule has 1 aromatic heterocycles. The van der Waals surface area contributed by atoms with E-state index in [1.807, 2.05) is 42.5 Å². The van der Waals surface area contributed by atoms with E-state index in [0.717, 1.165) is 11.3 Å². The van der Waals surface area contributed by atoms with Gasteiger partial charge in [0.05, 0.1) is 11.3 Å². The first-order valence-electron chi connectivity index (χ1n) is 6.65. The molecule has 3 nitrogen and oxygen atoms in total. The summed E-state index contributed by atoms with van der Waals surface area (Å²) in [5, 5.41) is 9.51. The number of aromatic nitrogens is 1. The van der Waals surface area contributed by atoms with E-state index >= 15 is 0 Å². The Kier molecular flexibility index (Phi) is 4.04. The molecule has 0 aliphatic carbocycles. The maximum atomic E-state index is 8.85. The van der Waals surface area contributed by atoms with Crippen molar-refractivity contribution in [2.24, 2.45) is 0 Å². The molecular weight excluding hydrogens is 296 g/mol. The van der Waals surface area contributed by atoms with Gasteiger partial charge in [-0.25, -0.2) is 0 Å². The molecule has 2 aromatic carbocycles. The lowest BCUT2D eigenvalue weighted by atomic mass is 10.1. The largest absolute Gasteiger partial charge is 0.457 e. The topological polar surface area (TPSA) is 45.9 Å². The molecule has 0 amide bonds. The minimum Gasteiger partial charge on any atom is -0.457 e. The summed E-state index contributed by atoms with van der Waals surface area (Å²) >= 11 is 5.88. The van der Waals surface area contributed by atoms with Crippen LogP contribution in [0.4, 0.5) is 0 Å². The zero-order valence-corrected chi connectivity index (χ0v) is 12.3. The molecule has 0 spiro atoms. The number of benzene rings is 2. The highest BCUT2D eigenvalue weighted by molar-refractivity contribution is 6.30. The molecule has 0 atom stereocenters. The van der Waals surface area contributed by atoms with Crippen LogP contribution in [0.15, 0.2) is 66.9 Å². The van der Waals surface area contributed by atoms with Gasteiger partial charge >= 0.3 is 0 Å². The first-order chi connectivity index (χ1) is 10.8. The van der Waals surface area contributed by atoms with Crippen LogP contribution < -0.4 is 4.74 Å². The summed E-state index contributed by atoms with van der Waals surface area (Å²) in [5.74, 6) is 1.40. The molecule has 22 heavy (non-hydrogen) atoms. The molecule has 0 aliphatic heterocycles. The number of nitriles is 1. The number of para-hydroxylation sites is 1. The summed E-state index contributed by atoms with van der Waals surface area (Å²) in [7, 11) is 0. The average Bonchev–Trinajstić information content (AvgIpc) is 2.58. The Hall–Kier alpha value is -2.83. The Bertz CT molecular complexity index is 821. The lowest BCUT2D eigenvalue weighted by molar-refractivity contribution is 0.484. The highest BCUT2D eigenvalue weighted by atomic mass is 35.5. The molecule has 0 aliphatic rings. The number of hydrogen-bond acceptors (Lipinski definition) is 3. The first kappa shape index (κ1) is 14.1. The van der Waals surface area contributed by atoms with Gasteiger partial charge in [0, 0.05) is 16.8 Å². The van der Waals surface area contributed by atoms with Crippen molar-refractivity contribution >= 4 is 11.6 Å². The fourth-order valence-electron chi connectivity index (χ4n) is 2.02. The number of halogens is 1. The zero-order chi connectivity index (χ0) is 15.4. The third kappa shape index (κ3) is 3.08. The van der Waals surface area contributed by atoms with Crippen molar-refractivity contribution in [1.82, 2.24) is 4.98 Å². The Balaban J connectivity index is 1.95. The van der Waals surface area contributed by atoms with Crippen molar-refractivity contribution in [1.29, 1.82) is 5.26 Å². The molecule has 0 radical (unpaired) electrons. The van der Waals surface area contributed by atoms with Gasteiger partial charge < -0.3 is 4.74 Å². The lowest BCUT2D eigenvalue weighted by Crippen LogP contribution is -1.90. The number of rotatable bonds is 3. The Morgan fingerprint density at radius 3 is 2.41 bits per heavy atom. The molecular formula is C18H11ClN2O. The van der Waals surface area contributed by atoms with Gasteiger partial charge in [-0.05, 0) is 48.5 Å². The number of ether oxygens (including phenoxy) is 1. The second-order valence-electron chi connectivity index (χ2n) is 4.60. The number of hydrogen-bond donors (Lipinski definition) is 0. The SMILES string of the molecule is N#Cc1ccc(-c2ccccc2Oc2ccc(Cl)cc2)nc1. The van der Waals surface area contributed by atoms with Crippen LogP contribution in [0.3, 0.4) is 0 Å². The lowest BCUT2D eigenvalue weighted by Gasteiger charge is -2.10. The van der Waals surface area contributed by atoms with Crippen LogP contribution in [0.1, 0.15) is 5.56 Å². The summed E-state index contributed by atoms with van der Waals surface area (Å²) in [6, 6.07) is 20.4. The number of nitrogens with zero attached hydrogens (tertiary/aromatic N) is 2. The molecule has 3 aromatic rings. The van der Waals surface area contributed by atoms with Gasteiger partial charge in [0.15, 0.2) is 0 Å². The summed E-state index contributed by atoms with van der Waals surface area (Å²) in [5.41, 5.74) is 2.14. The van der Waals surface area contributed by atoms with E-state index in [4.69, 9.17) is 21.6 Å². The molecule has 0 unspecified atom stereocenters. The molecule has 3 rings (SSSR count). The molecule has 4 heteroatoms. The van der Waals surface area contributed by atoms with Crippen LogP contribution in [0.2, 0.25) is 5.02 Å². The van der Waals surface area contributed by atoms with Crippen molar-refractivity contribution in [2.45, 2.75) is 0 Å². The van der Waals surface area contributed by atoms with Crippen LogP contribution in [-0.4, -0.2) is 4.98 Å². The van der Waals surface area contributed by atoms with E-state index in [1.165, 1.54) is 0 Å². The van der Waals surface area contributed by atoms with Crippen molar-refractivity contribution in [2.75, 3.05) is 0 Å². The van der Waals surface area contributed by atoms with Crippen molar-refractivity contribution < 1.29 is 4.74 Å². The van der Waals surface area contributed by atoms with E-state index in [1.54, 1.807) is 24.4 Å². The van der Waals surface area contributed by atoms with E-state index in [-0.39, 0.29) is 0 Å². The second-order valence-corrected chi connectivity index (χ2v) is 5.03. The third-order valence-electron chi connectivity index (χ3n) is 3.10. The van der Waals surface area contributed by atoms with Crippen LogP contribution in [0, 0.1) is 11.3 Å².